The van der Waals surface area contributed by atoms with Crippen LogP contribution in [-0.2, 0) is 0 Å². The van der Waals surface area contributed by atoms with E-state index in [2.05, 4.69) is 19.9 Å². The molecule has 0 unspecified atom stereocenters. The zero-order chi connectivity index (χ0) is 13.5. The first-order valence-electron chi connectivity index (χ1n) is 6.69. The topological polar surface area (TPSA) is 63.7 Å². The number of fused-ring (bicyclic) bond motifs is 1. The Morgan fingerprint density at radius 1 is 1.25 bits per heavy atom. The first-order chi connectivity index (χ1) is 9.86. The molecule has 100 valence electrons. The molecule has 5 heteroatoms. The van der Waals surface area contributed by atoms with Crippen LogP contribution in [0.4, 0.5) is 0 Å². The summed E-state index contributed by atoms with van der Waals surface area (Å²) >= 11 is 0. The van der Waals surface area contributed by atoms with Crippen molar-refractivity contribution in [2.45, 2.75) is 18.8 Å². The summed E-state index contributed by atoms with van der Waals surface area (Å²) < 4.78 is 5.41. The minimum absolute atomic E-state index is 0.517. The van der Waals surface area contributed by atoms with Gasteiger partial charge in [-0.1, -0.05) is 0 Å². The van der Waals surface area contributed by atoms with E-state index in [0.29, 0.717) is 11.8 Å². The molecule has 20 heavy (non-hydrogen) atoms. The molecule has 1 saturated carbocycles. The van der Waals surface area contributed by atoms with E-state index in [1.807, 2.05) is 24.5 Å². The third-order valence-electron chi connectivity index (χ3n) is 3.69. The van der Waals surface area contributed by atoms with E-state index < -0.39 is 0 Å². The SMILES string of the molecule is COc1ncnc(C2CC2)c1-c1cc2[nH]ccc2cn1. The number of methoxy groups -OCH3 is 1. The standard InChI is InChI=1S/C15H14N4O/c1-20-15-13(14(9-2-3-9)18-8-19-15)12-6-11-10(7-17-12)4-5-16-11/h4-9,16H,2-3H2,1H3. The molecule has 4 rings (SSSR count). The highest BCUT2D eigenvalue weighted by atomic mass is 16.5. The average molecular weight is 266 g/mol. The lowest BCUT2D eigenvalue weighted by molar-refractivity contribution is 0.397. The number of aromatic nitrogens is 4. The molecule has 0 aromatic carbocycles. The molecule has 5 nitrogen and oxygen atoms in total. The number of aromatic amines is 1. The number of ether oxygens (including phenoxy) is 1. The third-order valence-corrected chi connectivity index (χ3v) is 3.69. The molecular weight excluding hydrogens is 252 g/mol. The third kappa shape index (κ3) is 1.74. The van der Waals surface area contributed by atoms with E-state index in [0.717, 1.165) is 27.9 Å². The number of nitrogens with zero attached hydrogens (tertiary/aromatic N) is 3. The van der Waals surface area contributed by atoms with Gasteiger partial charge in [-0.2, -0.15) is 0 Å². The van der Waals surface area contributed by atoms with Crippen LogP contribution in [0.2, 0.25) is 0 Å². The quantitative estimate of drug-likeness (QED) is 0.791. The molecule has 0 aliphatic heterocycles. The summed E-state index contributed by atoms with van der Waals surface area (Å²) in [5, 5.41) is 1.09. The number of hydrogen-bond acceptors (Lipinski definition) is 4. The molecule has 3 aromatic heterocycles. The lowest BCUT2D eigenvalue weighted by atomic mass is 10.1. The van der Waals surface area contributed by atoms with E-state index in [9.17, 15) is 0 Å². The molecule has 0 atom stereocenters. The van der Waals surface area contributed by atoms with Crippen LogP contribution in [0, 0.1) is 0 Å². The van der Waals surface area contributed by atoms with E-state index in [4.69, 9.17) is 4.74 Å². The van der Waals surface area contributed by atoms with Crippen molar-refractivity contribution in [1.29, 1.82) is 0 Å². The second kappa shape index (κ2) is 4.30. The maximum atomic E-state index is 5.41. The number of hydrogen-bond donors (Lipinski definition) is 1. The van der Waals surface area contributed by atoms with Crippen molar-refractivity contribution < 1.29 is 4.74 Å². The number of H-pyrrole nitrogens is 1. The van der Waals surface area contributed by atoms with E-state index >= 15 is 0 Å². The van der Waals surface area contributed by atoms with Crippen LogP contribution in [0.25, 0.3) is 22.2 Å². The van der Waals surface area contributed by atoms with Gasteiger partial charge in [0, 0.05) is 29.2 Å². The predicted molar refractivity (Wildman–Crippen MR) is 75.6 cm³/mol. The van der Waals surface area contributed by atoms with E-state index in [-0.39, 0.29) is 0 Å². The van der Waals surface area contributed by atoms with Crippen molar-refractivity contribution in [3.63, 3.8) is 0 Å². The Labute approximate surface area is 116 Å². The van der Waals surface area contributed by atoms with Gasteiger partial charge >= 0.3 is 0 Å². The molecule has 0 radical (unpaired) electrons. The summed E-state index contributed by atoms with van der Waals surface area (Å²) in [5.41, 5.74) is 3.89. The fourth-order valence-corrected chi connectivity index (χ4v) is 2.53. The predicted octanol–water partition coefficient (Wildman–Crippen LogP) is 2.91. The van der Waals surface area contributed by atoms with Gasteiger partial charge in [0.25, 0.3) is 0 Å². The van der Waals surface area contributed by atoms with Crippen molar-refractivity contribution in [2.75, 3.05) is 7.11 Å². The second-order valence-corrected chi connectivity index (χ2v) is 5.05. The highest BCUT2D eigenvalue weighted by Crippen LogP contribution is 2.45. The van der Waals surface area contributed by atoms with Gasteiger partial charge in [-0.05, 0) is 25.0 Å². The Balaban J connectivity index is 1.95. The van der Waals surface area contributed by atoms with Gasteiger partial charge in [-0.15, -0.1) is 0 Å². The zero-order valence-electron chi connectivity index (χ0n) is 11.1. The van der Waals surface area contributed by atoms with Gasteiger partial charge in [0.05, 0.1) is 24.1 Å². The van der Waals surface area contributed by atoms with Crippen LogP contribution in [0.3, 0.4) is 0 Å². The molecule has 1 N–H and O–H groups in total. The van der Waals surface area contributed by atoms with Crippen LogP contribution < -0.4 is 4.74 Å². The van der Waals surface area contributed by atoms with Crippen LogP contribution in [0.5, 0.6) is 5.88 Å². The van der Waals surface area contributed by atoms with Crippen molar-refractivity contribution in [2.24, 2.45) is 0 Å². The van der Waals surface area contributed by atoms with Gasteiger partial charge in [0.2, 0.25) is 5.88 Å². The molecule has 0 saturated heterocycles. The van der Waals surface area contributed by atoms with Crippen molar-refractivity contribution >= 4 is 10.9 Å². The summed E-state index contributed by atoms with van der Waals surface area (Å²) in [4.78, 5) is 16.4. The molecule has 1 aliphatic carbocycles. The van der Waals surface area contributed by atoms with Crippen LogP contribution in [-0.4, -0.2) is 27.0 Å². The van der Waals surface area contributed by atoms with Crippen LogP contribution in [0.1, 0.15) is 24.5 Å². The average Bonchev–Trinajstić information content (AvgIpc) is 3.23. The van der Waals surface area contributed by atoms with E-state index in [1.165, 1.54) is 12.8 Å². The number of rotatable bonds is 3. The molecule has 0 amide bonds. The van der Waals surface area contributed by atoms with Gasteiger partial charge in [-0.3, -0.25) is 4.98 Å². The highest BCUT2D eigenvalue weighted by molar-refractivity contribution is 5.83. The maximum Gasteiger partial charge on any atom is 0.226 e. The highest BCUT2D eigenvalue weighted by Gasteiger charge is 2.30. The Bertz CT molecular complexity index is 776. The second-order valence-electron chi connectivity index (χ2n) is 5.05. The minimum atomic E-state index is 0.517. The first-order valence-corrected chi connectivity index (χ1v) is 6.69. The first kappa shape index (κ1) is 11.4. The van der Waals surface area contributed by atoms with Crippen molar-refractivity contribution in [3.8, 4) is 17.1 Å². The molecule has 3 heterocycles. The van der Waals surface area contributed by atoms with Crippen LogP contribution in [0.15, 0.2) is 30.9 Å². The summed E-state index contributed by atoms with van der Waals surface area (Å²) in [6.45, 7) is 0. The fraction of sp³-hybridized carbons (Fsp3) is 0.267. The lowest BCUT2D eigenvalue weighted by Gasteiger charge is -2.11. The monoisotopic (exact) mass is 266 g/mol. The molecule has 3 aromatic rings. The fourth-order valence-electron chi connectivity index (χ4n) is 2.53. The number of pyridine rings is 1. The minimum Gasteiger partial charge on any atom is -0.480 e. The van der Waals surface area contributed by atoms with Gasteiger partial charge < -0.3 is 9.72 Å². The molecule has 0 spiro atoms. The molecule has 1 aliphatic rings. The van der Waals surface area contributed by atoms with Crippen LogP contribution >= 0.6 is 0 Å². The summed E-state index contributed by atoms with van der Waals surface area (Å²) in [5.74, 6) is 1.11. The largest absolute Gasteiger partial charge is 0.480 e. The Kier molecular flexibility index (Phi) is 2.45. The summed E-state index contributed by atoms with van der Waals surface area (Å²) in [6, 6.07) is 4.04. The van der Waals surface area contributed by atoms with Crippen molar-refractivity contribution in [3.05, 3.63) is 36.5 Å². The number of nitrogens with one attached hydrogen (secondary N) is 1. The van der Waals surface area contributed by atoms with Gasteiger partial charge in [0.1, 0.15) is 6.33 Å². The van der Waals surface area contributed by atoms with Gasteiger partial charge in [-0.25, -0.2) is 9.97 Å². The molecular formula is C15H14N4O. The summed E-state index contributed by atoms with van der Waals surface area (Å²) in [7, 11) is 1.63. The Hall–Kier alpha value is -2.43. The zero-order valence-corrected chi connectivity index (χ0v) is 11.1. The maximum absolute atomic E-state index is 5.41. The molecule has 1 fully saturated rings. The molecule has 0 bridgehead atoms. The summed E-state index contributed by atoms with van der Waals surface area (Å²) in [6.07, 6.45) is 7.71. The van der Waals surface area contributed by atoms with Crippen molar-refractivity contribution in [1.82, 2.24) is 19.9 Å². The Morgan fingerprint density at radius 3 is 2.95 bits per heavy atom. The van der Waals surface area contributed by atoms with Gasteiger partial charge in [0.15, 0.2) is 0 Å². The smallest absolute Gasteiger partial charge is 0.226 e. The normalized spacial score (nSPS) is 14.7. The van der Waals surface area contributed by atoms with E-state index in [1.54, 1.807) is 13.4 Å². The lowest BCUT2D eigenvalue weighted by Crippen LogP contribution is -2.00. The Morgan fingerprint density at radius 2 is 2.15 bits per heavy atom.